The van der Waals surface area contributed by atoms with Crippen molar-refractivity contribution in [3.8, 4) is 5.75 Å². The fourth-order valence-corrected chi connectivity index (χ4v) is 2.82. The van der Waals surface area contributed by atoms with Gasteiger partial charge in [-0.2, -0.15) is 0 Å². The summed E-state index contributed by atoms with van der Waals surface area (Å²) in [6.07, 6.45) is 0. The van der Waals surface area contributed by atoms with Crippen molar-refractivity contribution in [2.24, 2.45) is 4.99 Å². The topological polar surface area (TPSA) is 58.1 Å². The minimum Gasteiger partial charge on any atom is -0.492 e. The molecule has 6 heteroatoms. The maximum Gasteiger partial charge on any atom is 0.191 e. The third-order valence-electron chi connectivity index (χ3n) is 4.71. The number of rotatable bonds is 11. The van der Waals surface area contributed by atoms with Crippen LogP contribution < -0.4 is 15.4 Å². The van der Waals surface area contributed by atoms with E-state index in [1.165, 1.54) is 11.1 Å². The Morgan fingerprint density at radius 1 is 1.00 bits per heavy atom. The SMILES string of the molecule is CN=C(NCc1cccc(OCCN(C)CCOC)c1)NCc1ccccc1C. The lowest BCUT2D eigenvalue weighted by Gasteiger charge is -2.17. The number of nitrogens with one attached hydrogen (secondary N) is 2. The highest BCUT2D eigenvalue weighted by Gasteiger charge is 2.03. The van der Waals surface area contributed by atoms with Gasteiger partial charge in [-0.25, -0.2) is 0 Å². The molecule has 0 unspecified atom stereocenters. The molecule has 0 saturated carbocycles. The van der Waals surface area contributed by atoms with Crippen LogP contribution in [-0.2, 0) is 17.8 Å². The molecule has 2 rings (SSSR count). The maximum absolute atomic E-state index is 5.89. The largest absolute Gasteiger partial charge is 0.492 e. The molecule has 29 heavy (non-hydrogen) atoms. The third-order valence-corrected chi connectivity index (χ3v) is 4.71. The van der Waals surface area contributed by atoms with Crippen LogP contribution in [0.2, 0.25) is 0 Å². The molecular weight excluding hydrogens is 364 g/mol. The van der Waals surface area contributed by atoms with Gasteiger partial charge in [0.2, 0.25) is 0 Å². The Hall–Kier alpha value is -2.57. The quantitative estimate of drug-likeness (QED) is 0.450. The molecule has 0 aliphatic heterocycles. The van der Waals surface area contributed by atoms with Crippen LogP contribution in [0.3, 0.4) is 0 Å². The molecule has 0 heterocycles. The summed E-state index contributed by atoms with van der Waals surface area (Å²) >= 11 is 0. The number of aryl methyl sites for hydroxylation is 1. The van der Waals surface area contributed by atoms with Gasteiger partial charge in [0.15, 0.2) is 5.96 Å². The average molecular weight is 399 g/mol. The first-order chi connectivity index (χ1) is 14.1. The Kier molecular flexibility index (Phi) is 10.0. The van der Waals surface area contributed by atoms with Gasteiger partial charge in [0.25, 0.3) is 0 Å². The number of likely N-dealkylation sites (N-methyl/N-ethyl adjacent to an activating group) is 1. The normalized spacial score (nSPS) is 11.6. The first-order valence-corrected chi connectivity index (χ1v) is 10.0. The molecular formula is C23H34N4O2. The van der Waals surface area contributed by atoms with Gasteiger partial charge in [0.1, 0.15) is 12.4 Å². The molecule has 0 spiro atoms. The Balaban J connectivity index is 1.77. The highest BCUT2D eigenvalue weighted by molar-refractivity contribution is 5.79. The second-order valence-electron chi connectivity index (χ2n) is 7.00. The van der Waals surface area contributed by atoms with Gasteiger partial charge >= 0.3 is 0 Å². The van der Waals surface area contributed by atoms with Gasteiger partial charge in [0.05, 0.1) is 6.61 Å². The zero-order valence-corrected chi connectivity index (χ0v) is 18.1. The van der Waals surface area contributed by atoms with Crippen molar-refractivity contribution in [1.82, 2.24) is 15.5 Å². The van der Waals surface area contributed by atoms with Crippen molar-refractivity contribution in [2.75, 3.05) is 47.5 Å². The molecule has 0 aliphatic carbocycles. The first-order valence-electron chi connectivity index (χ1n) is 10.0. The van der Waals surface area contributed by atoms with Crippen molar-refractivity contribution in [1.29, 1.82) is 0 Å². The van der Waals surface area contributed by atoms with E-state index in [2.05, 4.69) is 70.9 Å². The summed E-state index contributed by atoms with van der Waals surface area (Å²) in [5.74, 6) is 1.66. The zero-order valence-electron chi connectivity index (χ0n) is 18.1. The Morgan fingerprint density at radius 2 is 1.76 bits per heavy atom. The standard InChI is InChI=1S/C23H34N4O2/c1-19-8-5-6-10-21(19)18-26-23(24-2)25-17-20-9-7-11-22(16-20)29-15-13-27(3)12-14-28-4/h5-11,16H,12-15,17-18H2,1-4H3,(H2,24,25,26). The van der Waals surface area contributed by atoms with Crippen LogP contribution in [0.15, 0.2) is 53.5 Å². The van der Waals surface area contributed by atoms with E-state index in [1.54, 1.807) is 14.2 Å². The summed E-state index contributed by atoms with van der Waals surface area (Å²) in [7, 11) is 5.57. The number of hydrogen-bond acceptors (Lipinski definition) is 4. The summed E-state index contributed by atoms with van der Waals surface area (Å²) in [6.45, 7) is 6.69. The summed E-state index contributed by atoms with van der Waals surface area (Å²) in [5.41, 5.74) is 3.68. The van der Waals surface area contributed by atoms with E-state index in [0.717, 1.165) is 43.5 Å². The number of aliphatic imine (C=N–C) groups is 1. The van der Waals surface area contributed by atoms with Gasteiger partial charge in [-0.05, 0) is 42.8 Å². The third kappa shape index (κ3) is 8.54. The molecule has 0 bridgehead atoms. The number of guanidine groups is 1. The fraction of sp³-hybridized carbons (Fsp3) is 0.435. The molecule has 0 fully saturated rings. The van der Waals surface area contributed by atoms with Gasteiger partial charge in [-0.15, -0.1) is 0 Å². The predicted molar refractivity (Wildman–Crippen MR) is 120 cm³/mol. The summed E-state index contributed by atoms with van der Waals surface area (Å²) < 4.78 is 11.0. The molecule has 0 atom stereocenters. The predicted octanol–water partition coefficient (Wildman–Crippen LogP) is 2.82. The van der Waals surface area contributed by atoms with E-state index < -0.39 is 0 Å². The van der Waals surface area contributed by atoms with Crippen molar-refractivity contribution < 1.29 is 9.47 Å². The van der Waals surface area contributed by atoms with Crippen LogP contribution in [0.4, 0.5) is 0 Å². The Labute approximate surface area is 174 Å². The lowest BCUT2D eigenvalue weighted by molar-refractivity contribution is 0.150. The second kappa shape index (κ2) is 12.8. The van der Waals surface area contributed by atoms with Crippen LogP contribution in [-0.4, -0.2) is 58.4 Å². The van der Waals surface area contributed by atoms with E-state index in [0.29, 0.717) is 13.2 Å². The lowest BCUT2D eigenvalue weighted by Crippen LogP contribution is -2.36. The van der Waals surface area contributed by atoms with Crippen molar-refractivity contribution in [3.05, 3.63) is 65.2 Å². The van der Waals surface area contributed by atoms with E-state index in [4.69, 9.17) is 9.47 Å². The number of benzene rings is 2. The molecule has 0 aromatic heterocycles. The number of nitrogens with zero attached hydrogens (tertiary/aromatic N) is 2. The molecule has 6 nitrogen and oxygen atoms in total. The monoisotopic (exact) mass is 398 g/mol. The van der Waals surface area contributed by atoms with E-state index >= 15 is 0 Å². The van der Waals surface area contributed by atoms with Crippen LogP contribution >= 0.6 is 0 Å². The Morgan fingerprint density at radius 3 is 2.52 bits per heavy atom. The lowest BCUT2D eigenvalue weighted by atomic mass is 10.1. The van der Waals surface area contributed by atoms with E-state index in [-0.39, 0.29) is 0 Å². The van der Waals surface area contributed by atoms with Crippen LogP contribution in [0.5, 0.6) is 5.75 Å². The number of ether oxygens (including phenoxy) is 2. The van der Waals surface area contributed by atoms with Crippen molar-refractivity contribution in [3.63, 3.8) is 0 Å². The van der Waals surface area contributed by atoms with Gasteiger partial charge in [0, 0.05) is 40.3 Å². The zero-order chi connectivity index (χ0) is 20.9. The highest BCUT2D eigenvalue weighted by Crippen LogP contribution is 2.13. The van der Waals surface area contributed by atoms with E-state index in [9.17, 15) is 0 Å². The molecule has 0 amide bonds. The molecule has 0 radical (unpaired) electrons. The number of methoxy groups -OCH3 is 1. The number of hydrogen-bond donors (Lipinski definition) is 2. The summed E-state index contributed by atoms with van der Waals surface area (Å²) in [5, 5.41) is 6.73. The first kappa shape index (κ1) is 22.7. The van der Waals surface area contributed by atoms with Crippen LogP contribution in [0, 0.1) is 6.92 Å². The minimum absolute atomic E-state index is 0.650. The van der Waals surface area contributed by atoms with Crippen LogP contribution in [0.25, 0.3) is 0 Å². The average Bonchev–Trinajstić information content (AvgIpc) is 2.74. The van der Waals surface area contributed by atoms with Crippen molar-refractivity contribution in [2.45, 2.75) is 20.0 Å². The fourth-order valence-electron chi connectivity index (χ4n) is 2.82. The van der Waals surface area contributed by atoms with Crippen molar-refractivity contribution >= 4 is 5.96 Å². The summed E-state index contributed by atoms with van der Waals surface area (Å²) in [6, 6.07) is 16.5. The van der Waals surface area contributed by atoms with Gasteiger partial charge in [-0.1, -0.05) is 36.4 Å². The molecule has 158 valence electrons. The molecule has 2 aromatic rings. The summed E-state index contributed by atoms with van der Waals surface area (Å²) in [4.78, 5) is 6.50. The molecule has 0 aliphatic rings. The molecule has 2 N–H and O–H groups in total. The van der Waals surface area contributed by atoms with Crippen LogP contribution in [0.1, 0.15) is 16.7 Å². The maximum atomic E-state index is 5.89. The highest BCUT2D eigenvalue weighted by atomic mass is 16.5. The minimum atomic E-state index is 0.650. The molecule has 2 aromatic carbocycles. The Bertz CT molecular complexity index is 764. The van der Waals surface area contributed by atoms with Gasteiger partial charge in [-0.3, -0.25) is 4.99 Å². The smallest absolute Gasteiger partial charge is 0.191 e. The second-order valence-corrected chi connectivity index (χ2v) is 7.00. The van der Waals surface area contributed by atoms with E-state index in [1.807, 2.05) is 12.1 Å². The molecule has 0 saturated heterocycles. The van der Waals surface area contributed by atoms with Gasteiger partial charge < -0.3 is 25.0 Å².